The van der Waals surface area contributed by atoms with Crippen molar-refractivity contribution in [1.82, 2.24) is 14.7 Å². The number of carbonyl (C=O) groups excluding carboxylic acids is 2. The Balaban J connectivity index is 1.45. The van der Waals surface area contributed by atoms with E-state index in [1.807, 2.05) is 35.8 Å². The number of ether oxygens (including phenoxy) is 1. The second-order valence-corrected chi connectivity index (χ2v) is 11.0. The Morgan fingerprint density at radius 2 is 1.85 bits per heavy atom. The predicted molar refractivity (Wildman–Crippen MR) is 157 cm³/mol. The van der Waals surface area contributed by atoms with Crippen molar-refractivity contribution < 1.29 is 14.3 Å². The van der Waals surface area contributed by atoms with E-state index in [1.54, 1.807) is 7.11 Å². The number of likely N-dealkylation sites (tertiary alicyclic amines) is 2. The summed E-state index contributed by atoms with van der Waals surface area (Å²) in [7, 11) is 1.70. The van der Waals surface area contributed by atoms with Gasteiger partial charge in [0.15, 0.2) is 0 Å². The molecule has 2 aliphatic rings. The van der Waals surface area contributed by atoms with Gasteiger partial charge < -0.3 is 14.5 Å². The molecule has 2 fully saturated rings. The van der Waals surface area contributed by atoms with Crippen LogP contribution in [-0.4, -0.2) is 72.9 Å². The third kappa shape index (κ3) is 6.73. The van der Waals surface area contributed by atoms with Gasteiger partial charge in [-0.05, 0) is 88.4 Å². The van der Waals surface area contributed by atoms with Crippen LogP contribution in [0.2, 0.25) is 0 Å². The Labute approximate surface area is 234 Å². The van der Waals surface area contributed by atoms with E-state index in [4.69, 9.17) is 4.74 Å². The summed E-state index contributed by atoms with van der Waals surface area (Å²) in [4.78, 5) is 32.7. The number of methoxy groups -OCH3 is 1. The van der Waals surface area contributed by atoms with Crippen LogP contribution in [-0.2, 0) is 16.8 Å². The monoisotopic (exact) mass is 531 g/mol. The van der Waals surface area contributed by atoms with E-state index in [0.29, 0.717) is 26.2 Å². The van der Waals surface area contributed by atoms with Crippen LogP contribution in [0.3, 0.4) is 0 Å². The lowest BCUT2D eigenvalue weighted by atomic mass is 9.73. The molecule has 0 bridgehead atoms. The number of hydrogen-bond acceptors (Lipinski definition) is 4. The molecule has 6 nitrogen and oxygen atoms in total. The molecule has 4 rings (SSSR count). The maximum absolute atomic E-state index is 13.5. The molecule has 2 atom stereocenters. The van der Waals surface area contributed by atoms with Crippen LogP contribution in [0.4, 0.5) is 0 Å². The van der Waals surface area contributed by atoms with Crippen LogP contribution in [0.5, 0.6) is 5.75 Å². The molecule has 2 aromatic rings. The molecule has 2 heterocycles. The maximum atomic E-state index is 13.5. The number of hydrogen-bond donors (Lipinski definition) is 0. The molecule has 0 saturated carbocycles. The minimum absolute atomic E-state index is 0.0348. The summed E-state index contributed by atoms with van der Waals surface area (Å²) in [6.07, 6.45) is 8.48. The standard InChI is InChI=1S/C33H45N3O3/c1-5-18-33(29-14-16-30(39-4)17-15-29)19-10-20-34(25-33)23-26-11-8-12-27(22-26)31(37)36-21-9-13-28(24-36)32(38)35(6-2)7-3/h5,8,11-12,14-18,22,28H,6-7,9-10,13,19-21,23-25H2,1-4H3/b18-5+. The second-order valence-electron chi connectivity index (χ2n) is 11.0. The number of benzene rings is 2. The molecular formula is C33H45N3O3. The predicted octanol–water partition coefficient (Wildman–Crippen LogP) is 5.53. The second kappa shape index (κ2) is 13.3. The van der Waals surface area contributed by atoms with Gasteiger partial charge in [-0.1, -0.05) is 36.4 Å². The van der Waals surface area contributed by atoms with Gasteiger partial charge in [-0.25, -0.2) is 0 Å². The fraction of sp³-hybridized carbons (Fsp3) is 0.515. The van der Waals surface area contributed by atoms with E-state index in [0.717, 1.165) is 62.2 Å². The number of piperidine rings is 2. The van der Waals surface area contributed by atoms with Crippen molar-refractivity contribution in [2.24, 2.45) is 5.92 Å². The summed E-state index contributed by atoms with van der Waals surface area (Å²) < 4.78 is 5.38. The largest absolute Gasteiger partial charge is 0.497 e. The van der Waals surface area contributed by atoms with Crippen LogP contribution in [0.1, 0.15) is 67.9 Å². The van der Waals surface area contributed by atoms with Gasteiger partial charge in [-0.3, -0.25) is 14.5 Å². The summed E-state index contributed by atoms with van der Waals surface area (Å²) in [5.74, 6) is 0.990. The minimum Gasteiger partial charge on any atom is -0.497 e. The number of carbonyl (C=O) groups is 2. The maximum Gasteiger partial charge on any atom is 0.253 e. The first-order valence-electron chi connectivity index (χ1n) is 14.6. The molecule has 39 heavy (non-hydrogen) atoms. The Kier molecular flexibility index (Phi) is 9.84. The highest BCUT2D eigenvalue weighted by Crippen LogP contribution is 2.37. The van der Waals surface area contributed by atoms with Gasteiger partial charge in [0, 0.05) is 50.2 Å². The zero-order chi connectivity index (χ0) is 27.8. The molecule has 0 aliphatic carbocycles. The van der Waals surface area contributed by atoms with Crippen LogP contribution >= 0.6 is 0 Å². The normalized spacial score (nSPS) is 22.2. The smallest absolute Gasteiger partial charge is 0.253 e. The molecule has 2 aromatic carbocycles. The van der Waals surface area contributed by atoms with Crippen molar-refractivity contribution in [3.8, 4) is 5.75 Å². The fourth-order valence-corrected chi connectivity index (χ4v) is 6.42. The summed E-state index contributed by atoms with van der Waals surface area (Å²) in [6, 6.07) is 16.6. The number of amides is 2. The van der Waals surface area contributed by atoms with Gasteiger partial charge in [-0.2, -0.15) is 0 Å². The molecule has 0 radical (unpaired) electrons. The average molecular weight is 532 g/mol. The van der Waals surface area contributed by atoms with E-state index < -0.39 is 0 Å². The van der Waals surface area contributed by atoms with Gasteiger partial charge in [0.1, 0.15) is 5.75 Å². The van der Waals surface area contributed by atoms with Crippen LogP contribution in [0.15, 0.2) is 60.7 Å². The summed E-state index contributed by atoms with van der Waals surface area (Å²) in [6.45, 7) is 11.6. The van der Waals surface area contributed by atoms with E-state index in [2.05, 4.69) is 60.4 Å². The molecule has 2 unspecified atom stereocenters. The lowest BCUT2D eigenvalue weighted by Crippen LogP contribution is -2.46. The van der Waals surface area contributed by atoms with E-state index in [1.165, 1.54) is 5.56 Å². The number of rotatable bonds is 9. The first-order chi connectivity index (χ1) is 18.9. The van der Waals surface area contributed by atoms with Crippen LogP contribution in [0.25, 0.3) is 0 Å². The summed E-state index contributed by atoms with van der Waals surface area (Å²) in [5.41, 5.74) is 3.15. The highest BCUT2D eigenvalue weighted by Gasteiger charge is 2.35. The van der Waals surface area contributed by atoms with Crippen molar-refractivity contribution in [1.29, 1.82) is 0 Å². The van der Waals surface area contributed by atoms with Crippen molar-refractivity contribution in [3.05, 3.63) is 77.4 Å². The Bertz CT molecular complexity index is 1140. The topological polar surface area (TPSA) is 53.1 Å². The zero-order valence-corrected chi connectivity index (χ0v) is 24.2. The lowest BCUT2D eigenvalue weighted by Gasteiger charge is -2.42. The first kappa shape index (κ1) is 28.9. The number of nitrogens with zero attached hydrogens (tertiary/aromatic N) is 3. The fourth-order valence-electron chi connectivity index (χ4n) is 6.42. The highest BCUT2D eigenvalue weighted by molar-refractivity contribution is 5.95. The molecule has 6 heteroatoms. The van der Waals surface area contributed by atoms with Gasteiger partial charge in [0.2, 0.25) is 5.91 Å². The van der Waals surface area contributed by atoms with Crippen molar-refractivity contribution in [2.75, 3.05) is 46.4 Å². The quantitative estimate of drug-likeness (QED) is 0.400. The Morgan fingerprint density at radius 1 is 1.08 bits per heavy atom. The van der Waals surface area contributed by atoms with Gasteiger partial charge in [0.05, 0.1) is 13.0 Å². The third-order valence-electron chi connectivity index (χ3n) is 8.47. The van der Waals surface area contributed by atoms with Gasteiger partial charge in [-0.15, -0.1) is 0 Å². The highest BCUT2D eigenvalue weighted by atomic mass is 16.5. The molecule has 210 valence electrons. The van der Waals surface area contributed by atoms with E-state index in [-0.39, 0.29) is 23.1 Å². The summed E-state index contributed by atoms with van der Waals surface area (Å²) >= 11 is 0. The van der Waals surface area contributed by atoms with E-state index >= 15 is 0 Å². The minimum atomic E-state index is -0.100. The van der Waals surface area contributed by atoms with Crippen molar-refractivity contribution in [3.63, 3.8) is 0 Å². The van der Waals surface area contributed by atoms with Crippen LogP contribution < -0.4 is 4.74 Å². The molecule has 0 aromatic heterocycles. The SMILES string of the molecule is C/C=C/C1(c2ccc(OC)cc2)CCCN(Cc2cccc(C(=O)N3CCCC(C(=O)N(CC)CC)C3)c2)C1. The molecular weight excluding hydrogens is 486 g/mol. The van der Waals surface area contributed by atoms with Crippen molar-refractivity contribution >= 4 is 11.8 Å². The Morgan fingerprint density at radius 3 is 2.54 bits per heavy atom. The molecule has 2 amide bonds. The number of allylic oxidation sites excluding steroid dienone is 1. The lowest BCUT2D eigenvalue weighted by molar-refractivity contribution is -0.136. The van der Waals surface area contributed by atoms with E-state index in [9.17, 15) is 9.59 Å². The first-order valence-corrected chi connectivity index (χ1v) is 14.6. The van der Waals surface area contributed by atoms with Crippen LogP contribution in [0, 0.1) is 5.92 Å². The molecule has 0 spiro atoms. The van der Waals surface area contributed by atoms with Gasteiger partial charge >= 0.3 is 0 Å². The Hall–Kier alpha value is -3.12. The molecule has 0 N–H and O–H groups in total. The van der Waals surface area contributed by atoms with Gasteiger partial charge in [0.25, 0.3) is 5.91 Å². The summed E-state index contributed by atoms with van der Waals surface area (Å²) in [5, 5.41) is 0. The average Bonchev–Trinajstić information content (AvgIpc) is 2.98. The molecule has 2 aliphatic heterocycles. The molecule has 2 saturated heterocycles. The third-order valence-corrected chi connectivity index (χ3v) is 8.47. The zero-order valence-electron chi connectivity index (χ0n) is 24.2. The van der Waals surface area contributed by atoms with Crippen molar-refractivity contribution in [2.45, 2.75) is 58.4 Å².